The van der Waals surface area contributed by atoms with Crippen molar-refractivity contribution in [1.82, 2.24) is 29.9 Å². The Labute approximate surface area is 164 Å². The summed E-state index contributed by atoms with van der Waals surface area (Å²) in [5.41, 5.74) is 4.67. The van der Waals surface area contributed by atoms with Gasteiger partial charge in [0.2, 0.25) is 5.91 Å². The number of nitrogens with zero attached hydrogens (tertiary/aromatic N) is 5. The van der Waals surface area contributed by atoms with E-state index in [4.69, 9.17) is 0 Å². The third-order valence-corrected chi connectivity index (χ3v) is 5.33. The zero-order chi connectivity index (χ0) is 19.7. The first kappa shape index (κ1) is 18.4. The van der Waals surface area contributed by atoms with Crippen molar-refractivity contribution >= 4 is 5.91 Å². The van der Waals surface area contributed by atoms with Crippen LogP contribution in [-0.2, 0) is 17.8 Å². The number of amides is 1. The molecule has 146 valence electrons. The van der Waals surface area contributed by atoms with E-state index in [-0.39, 0.29) is 17.4 Å². The summed E-state index contributed by atoms with van der Waals surface area (Å²) in [6.45, 7) is 7.10. The zero-order valence-corrected chi connectivity index (χ0v) is 16.6. The molecule has 0 saturated carbocycles. The van der Waals surface area contributed by atoms with Crippen molar-refractivity contribution in [3.8, 4) is 5.69 Å². The van der Waals surface area contributed by atoms with Gasteiger partial charge in [-0.2, -0.15) is 10.2 Å². The lowest BCUT2D eigenvalue weighted by Crippen LogP contribution is -2.37. The van der Waals surface area contributed by atoms with Crippen LogP contribution in [0.3, 0.4) is 0 Å². The average Bonchev–Trinajstić information content (AvgIpc) is 3.29. The second-order valence-corrected chi connectivity index (χ2v) is 8.37. The van der Waals surface area contributed by atoms with Crippen LogP contribution in [0.25, 0.3) is 5.69 Å². The first-order valence-electron chi connectivity index (χ1n) is 9.67. The van der Waals surface area contributed by atoms with Crippen LogP contribution in [-0.4, -0.2) is 30.5 Å². The predicted molar refractivity (Wildman–Crippen MR) is 106 cm³/mol. The van der Waals surface area contributed by atoms with Gasteiger partial charge in [-0.15, -0.1) is 0 Å². The van der Waals surface area contributed by atoms with Gasteiger partial charge in [0.05, 0.1) is 30.2 Å². The molecule has 1 aliphatic rings. The van der Waals surface area contributed by atoms with E-state index in [1.807, 2.05) is 10.9 Å². The zero-order valence-electron chi connectivity index (χ0n) is 16.6. The highest BCUT2D eigenvalue weighted by Crippen LogP contribution is 2.41. The van der Waals surface area contributed by atoms with Gasteiger partial charge in [0.1, 0.15) is 12.7 Å². The van der Waals surface area contributed by atoms with Gasteiger partial charge < -0.3 is 5.32 Å². The molecule has 1 aromatic carbocycles. The molecule has 0 radical (unpaired) electrons. The summed E-state index contributed by atoms with van der Waals surface area (Å²) < 4.78 is 3.69. The minimum Gasteiger partial charge on any atom is -0.349 e. The molecule has 7 heteroatoms. The van der Waals surface area contributed by atoms with Crippen LogP contribution in [0.5, 0.6) is 0 Å². The third kappa shape index (κ3) is 3.83. The van der Waals surface area contributed by atoms with E-state index in [0.717, 1.165) is 24.1 Å². The molecule has 0 bridgehead atoms. The molecule has 2 aromatic heterocycles. The van der Waals surface area contributed by atoms with Gasteiger partial charge in [-0.1, -0.05) is 31.5 Å². The van der Waals surface area contributed by atoms with Crippen molar-refractivity contribution in [2.24, 2.45) is 5.41 Å². The number of fused-ring (bicyclic) bond motifs is 1. The number of aryl methyl sites for hydroxylation is 2. The highest BCUT2D eigenvalue weighted by molar-refractivity contribution is 5.76. The quantitative estimate of drug-likeness (QED) is 0.740. The molecule has 3 aromatic rings. The van der Waals surface area contributed by atoms with Crippen molar-refractivity contribution in [2.45, 2.75) is 52.6 Å². The maximum Gasteiger partial charge on any atom is 0.222 e. The number of benzene rings is 1. The van der Waals surface area contributed by atoms with Crippen molar-refractivity contribution < 1.29 is 4.79 Å². The fraction of sp³-hybridized carbons (Fsp3) is 0.429. The van der Waals surface area contributed by atoms with Gasteiger partial charge in [-0.05, 0) is 37.3 Å². The fourth-order valence-corrected chi connectivity index (χ4v) is 3.91. The van der Waals surface area contributed by atoms with Crippen molar-refractivity contribution in [2.75, 3.05) is 0 Å². The Bertz CT molecular complexity index is 955. The van der Waals surface area contributed by atoms with Crippen molar-refractivity contribution in [3.05, 3.63) is 59.9 Å². The normalized spacial score (nSPS) is 17.9. The molecule has 7 nitrogen and oxygen atoms in total. The largest absolute Gasteiger partial charge is 0.349 e. The summed E-state index contributed by atoms with van der Waals surface area (Å²) in [4.78, 5) is 16.5. The van der Waals surface area contributed by atoms with Crippen LogP contribution >= 0.6 is 0 Å². The van der Waals surface area contributed by atoms with Crippen LogP contribution < -0.4 is 5.32 Å². The lowest BCUT2D eigenvalue weighted by atomic mass is 9.74. The molecule has 1 atom stereocenters. The Morgan fingerprint density at radius 2 is 2.04 bits per heavy atom. The molecular weight excluding hydrogens is 352 g/mol. The van der Waals surface area contributed by atoms with Crippen LogP contribution in [0.15, 0.2) is 43.1 Å². The second kappa shape index (κ2) is 7.22. The van der Waals surface area contributed by atoms with Gasteiger partial charge >= 0.3 is 0 Å². The Kier molecular flexibility index (Phi) is 4.75. The highest BCUT2D eigenvalue weighted by atomic mass is 16.1. The number of aromatic nitrogens is 5. The monoisotopic (exact) mass is 378 g/mol. The number of nitrogens with one attached hydrogen (secondary N) is 1. The summed E-state index contributed by atoms with van der Waals surface area (Å²) in [6, 6.07) is 8.36. The van der Waals surface area contributed by atoms with E-state index >= 15 is 0 Å². The number of rotatable bonds is 5. The molecule has 1 amide bonds. The van der Waals surface area contributed by atoms with Crippen molar-refractivity contribution in [3.63, 3.8) is 0 Å². The predicted octanol–water partition coefficient (Wildman–Crippen LogP) is 2.99. The Balaban J connectivity index is 1.55. The molecular formula is C21H26N6O. The van der Waals surface area contributed by atoms with Gasteiger partial charge in [0, 0.05) is 12.0 Å². The molecule has 0 unspecified atom stereocenters. The summed E-state index contributed by atoms with van der Waals surface area (Å²) in [7, 11) is 0. The molecule has 0 aliphatic heterocycles. The Hall–Kier alpha value is -2.96. The van der Waals surface area contributed by atoms with E-state index < -0.39 is 0 Å². The minimum absolute atomic E-state index is 0.0206. The first-order chi connectivity index (χ1) is 13.4. The van der Waals surface area contributed by atoms with E-state index in [0.29, 0.717) is 13.0 Å². The second-order valence-electron chi connectivity index (χ2n) is 8.37. The molecule has 2 heterocycles. The maximum absolute atomic E-state index is 12.5. The lowest BCUT2D eigenvalue weighted by molar-refractivity contribution is -0.122. The first-order valence-corrected chi connectivity index (χ1v) is 9.67. The van der Waals surface area contributed by atoms with E-state index in [9.17, 15) is 4.79 Å². The SMILES string of the molecule is Cc1ccc(-n2ncc3c2CC(C)(C)C[C@@H]3NC(=O)CCn2cncn2)cc1. The average molecular weight is 378 g/mol. The minimum atomic E-state index is -0.0267. The fourth-order valence-electron chi connectivity index (χ4n) is 3.91. The van der Waals surface area contributed by atoms with E-state index in [1.165, 1.54) is 17.6 Å². The van der Waals surface area contributed by atoms with Crippen LogP contribution in [0.1, 0.15) is 49.6 Å². The summed E-state index contributed by atoms with van der Waals surface area (Å²) >= 11 is 0. The maximum atomic E-state index is 12.5. The van der Waals surface area contributed by atoms with E-state index in [2.05, 4.69) is 65.5 Å². The van der Waals surface area contributed by atoms with Gasteiger partial charge in [0.25, 0.3) is 0 Å². The standard InChI is InChI=1S/C21H26N6O/c1-15-4-6-16(7-5-15)27-19-11-21(2,3)10-18(17(19)12-23-27)25-20(28)8-9-26-14-22-13-24-26/h4-7,12-14,18H,8-11H2,1-3H3,(H,25,28)/t18-/m0/s1. The summed E-state index contributed by atoms with van der Waals surface area (Å²) in [6.07, 6.45) is 7.22. The van der Waals surface area contributed by atoms with Gasteiger partial charge in [-0.3, -0.25) is 9.48 Å². The molecule has 0 fully saturated rings. The number of carbonyl (C=O) groups excluding carboxylic acids is 1. The molecule has 28 heavy (non-hydrogen) atoms. The number of carbonyl (C=O) groups is 1. The highest BCUT2D eigenvalue weighted by Gasteiger charge is 2.35. The van der Waals surface area contributed by atoms with Crippen molar-refractivity contribution in [1.29, 1.82) is 0 Å². The summed E-state index contributed by atoms with van der Waals surface area (Å²) in [5, 5.41) is 11.9. The smallest absolute Gasteiger partial charge is 0.222 e. The van der Waals surface area contributed by atoms with Crippen LogP contribution in [0.4, 0.5) is 0 Å². The topological polar surface area (TPSA) is 77.6 Å². The van der Waals surface area contributed by atoms with Crippen LogP contribution in [0, 0.1) is 12.3 Å². The third-order valence-electron chi connectivity index (χ3n) is 5.33. The number of hydrogen-bond donors (Lipinski definition) is 1. The number of hydrogen-bond acceptors (Lipinski definition) is 4. The molecule has 1 aliphatic carbocycles. The van der Waals surface area contributed by atoms with Crippen LogP contribution in [0.2, 0.25) is 0 Å². The molecule has 1 N–H and O–H groups in total. The van der Waals surface area contributed by atoms with E-state index in [1.54, 1.807) is 11.0 Å². The molecule has 0 saturated heterocycles. The summed E-state index contributed by atoms with van der Waals surface area (Å²) in [5.74, 6) is 0.0206. The lowest BCUT2D eigenvalue weighted by Gasteiger charge is -2.36. The Morgan fingerprint density at radius 3 is 2.75 bits per heavy atom. The molecule has 4 rings (SSSR count). The Morgan fingerprint density at radius 1 is 1.25 bits per heavy atom. The van der Waals surface area contributed by atoms with Gasteiger partial charge in [0.15, 0.2) is 0 Å². The molecule has 0 spiro atoms. The van der Waals surface area contributed by atoms with Gasteiger partial charge in [-0.25, -0.2) is 9.67 Å².